The number of para-hydroxylation sites is 1. The Balaban J connectivity index is 1.95. The molecule has 0 saturated heterocycles. The Morgan fingerprint density at radius 3 is 2.05 bits per heavy atom. The number of carbonyl (C=O) groups is 2. The van der Waals surface area contributed by atoms with E-state index in [4.69, 9.17) is 16.3 Å². The van der Waals surface area contributed by atoms with Gasteiger partial charge < -0.3 is 10.1 Å². The molecule has 0 fully saturated rings. The van der Waals surface area contributed by atoms with Gasteiger partial charge in [0.2, 0.25) is 15.9 Å². The Morgan fingerprint density at radius 2 is 1.45 bits per heavy atom. The Hall–Kier alpha value is -1.94. The highest BCUT2D eigenvalue weighted by Crippen LogP contribution is 2.26. The number of hydrogen-bond acceptors (Lipinski definition) is 5. The first-order chi connectivity index (χ1) is 20.2. The molecule has 3 atom stereocenters. The van der Waals surface area contributed by atoms with Gasteiger partial charge in [-0.15, -0.1) is 11.6 Å². The molecule has 1 amide bonds. The zero-order chi connectivity index (χ0) is 30.8. The molecule has 0 aliphatic rings. The smallest absolute Gasteiger partial charge is 0.239 e. The van der Waals surface area contributed by atoms with E-state index < -0.39 is 31.4 Å². The third kappa shape index (κ3) is 13.6. The standard InChI is InChI=1S/C32H46BrClN2O5S/c1-3-4-5-6-7-8-9-10-14-17-28(42(39,40)35-24-30(37)36-26-15-12-11-13-16-26)22-23-29(34)31(33)32(38)25-18-20-27(41-2)21-19-25/h11-13,15-16,18-21,28-29,31,35H,3-10,14,17,22-24H2,1-2H3,(H,36,37). The average Bonchev–Trinajstić information content (AvgIpc) is 3.00. The maximum Gasteiger partial charge on any atom is 0.239 e. The van der Waals surface area contributed by atoms with Gasteiger partial charge in [-0.3, -0.25) is 9.59 Å². The summed E-state index contributed by atoms with van der Waals surface area (Å²) in [5.41, 5.74) is 1.09. The van der Waals surface area contributed by atoms with Crippen LogP contribution in [-0.2, 0) is 14.8 Å². The van der Waals surface area contributed by atoms with Crippen LogP contribution in [0, 0.1) is 0 Å². The summed E-state index contributed by atoms with van der Waals surface area (Å²) in [6.45, 7) is 1.85. The van der Waals surface area contributed by atoms with Crippen molar-refractivity contribution in [2.24, 2.45) is 0 Å². The Bertz CT molecular complexity index is 1170. The number of alkyl halides is 2. The molecule has 0 saturated carbocycles. The number of sulfonamides is 1. The lowest BCUT2D eigenvalue weighted by atomic mass is 10.0. The molecule has 0 aromatic heterocycles. The van der Waals surface area contributed by atoms with Gasteiger partial charge in [0.1, 0.15) is 5.75 Å². The first-order valence-electron chi connectivity index (χ1n) is 15.0. The van der Waals surface area contributed by atoms with E-state index >= 15 is 0 Å². The summed E-state index contributed by atoms with van der Waals surface area (Å²) >= 11 is 10.1. The number of ether oxygens (including phenoxy) is 1. The molecule has 42 heavy (non-hydrogen) atoms. The number of anilines is 1. The van der Waals surface area contributed by atoms with Crippen LogP contribution in [0.1, 0.15) is 94.3 Å². The van der Waals surface area contributed by atoms with Gasteiger partial charge in [-0.25, -0.2) is 13.1 Å². The number of methoxy groups -OCH3 is 1. The van der Waals surface area contributed by atoms with Crippen LogP contribution in [0.4, 0.5) is 5.69 Å². The fraction of sp³-hybridized carbons (Fsp3) is 0.562. The fourth-order valence-electron chi connectivity index (χ4n) is 4.72. The van der Waals surface area contributed by atoms with E-state index in [9.17, 15) is 18.0 Å². The molecule has 2 aromatic carbocycles. The lowest BCUT2D eigenvalue weighted by Crippen LogP contribution is -2.39. The molecule has 2 N–H and O–H groups in total. The molecule has 0 heterocycles. The molecule has 10 heteroatoms. The molecule has 0 aliphatic carbocycles. The van der Waals surface area contributed by atoms with Gasteiger partial charge in [-0.2, -0.15) is 0 Å². The summed E-state index contributed by atoms with van der Waals surface area (Å²) in [5.74, 6) is 0.0359. The zero-order valence-electron chi connectivity index (χ0n) is 24.8. The van der Waals surface area contributed by atoms with Crippen molar-refractivity contribution in [1.29, 1.82) is 0 Å². The van der Waals surface area contributed by atoms with Gasteiger partial charge in [0, 0.05) is 11.3 Å². The topological polar surface area (TPSA) is 102 Å². The third-order valence-electron chi connectivity index (χ3n) is 7.27. The van der Waals surface area contributed by atoms with Crippen LogP contribution in [0.2, 0.25) is 0 Å². The Morgan fingerprint density at radius 1 is 0.857 bits per heavy atom. The number of nitrogens with one attached hydrogen (secondary N) is 2. The van der Waals surface area contributed by atoms with E-state index in [1.807, 2.05) is 6.07 Å². The van der Waals surface area contributed by atoms with Crippen molar-refractivity contribution in [2.75, 3.05) is 19.0 Å². The van der Waals surface area contributed by atoms with Crippen molar-refractivity contribution in [3.63, 3.8) is 0 Å². The molecule has 0 radical (unpaired) electrons. The summed E-state index contributed by atoms with van der Waals surface area (Å²) in [6, 6.07) is 15.7. The van der Waals surface area contributed by atoms with E-state index in [0.29, 0.717) is 29.8 Å². The SMILES string of the molecule is CCCCCCCCCCCC(CCC(Cl)C(Br)C(=O)c1ccc(OC)cc1)S(=O)(=O)NCC(=O)Nc1ccccc1. The normalized spacial score (nSPS) is 13.7. The highest BCUT2D eigenvalue weighted by Gasteiger charge is 2.30. The number of unbranched alkanes of at least 4 members (excludes halogenated alkanes) is 8. The molecule has 2 aromatic rings. The van der Waals surface area contributed by atoms with E-state index in [-0.39, 0.29) is 18.7 Å². The fourth-order valence-corrected chi connectivity index (χ4v) is 6.98. The lowest BCUT2D eigenvalue weighted by molar-refractivity contribution is -0.115. The van der Waals surface area contributed by atoms with Crippen molar-refractivity contribution in [1.82, 2.24) is 4.72 Å². The van der Waals surface area contributed by atoms with E-state index in [2.05, 4.69) is 32.9 Å². The predicted molar refractivity (Wildman–Crippen MR) is 177 cm³/mol. The molecular weight excluding hydrogens is 640 g/mol. The molecule has 2 rings (SSSR count). The predicted octanol–water partition coefficient (Wildman–Crippen LogP) is 7.88. The minimum absolute atomic E-state index is 0.174. The second-order valence-electron chi connectivity index (χ2n) is 10.6. The number of halogens is 2. The lowest BCUT2D eigenvalue weighted by Gasteiger charge is -2.21. The van der Waals surface area contributed by atoms with Crippen LogP contribution in [-0.4, -0.2) is 49.2 Å². The summed E-state index contributed by atoms with van der Waals surface area (Å²) in [6.07, 6.45) is 11.3. The van der Waals surface area contributed by atoms with E-state index in [1.54, 1.807) is 55.6 Å². The van der Waals surface area contributed by atoms with Crippen LogP contribution in [0.15, 0.2) is 54.6 Å². The van der Waals surface area contributed by atoms with E-state index in [1.165, 1.54) is 32.1 Å². The van der Waals surface area contributed by atoms with Crippen molar-refractivity contribution in [3.05, 3.63) is 60.2 Å². The van der Waals surface area contributed by atoms with E-state index in [0.717, 1.165) is 25.7 Å². The van der Waals surface area contributed by atoms with Crippen LogP contribution >= 0.6 is 27.5 Å². The van der Waals surface area contributed by atoms with Crippen LogP contribution in [0.25, 0.3) is 0 Å². The summed E-state index contributed by atoms with van der Waals surface area (Å²) in [5, 5.41) is 1.37. The Kier molecular flexibility index (Phi) is 17.3. The van der Waals surface area contributed by atoms with Crippen molar-refractivity contribution in [2.45, 2.75) is 99.4 Å². The largest absolute Gasteiger partial charge is 0.497 e. The average molecular weight is 686 g/mol. The van der Waals surface area contributed by atoms with Gasteiger partial charge in [-0.1, -0.05) is 98.8 Å². The van der Waals surface area contributed by atoms with Gasteiger partial charge in [0.15, 0.2) is 5.78 Å². The number of hydrogen-bond donors (Lipinski definition) is 2. The summed E-state index contributed by atoms with van der Waals surface area (Å²) < 4.78 is 34.3. The number of carbonyl (C=O) groups excluding carboxylic acids is 2. The molecule has 234 valence electrons. The second kappa shape index (κ2) is 20.1. The molecule has 0 spiro atoms. The number of benzene rings is 2. The quantitative estimate of drug-likeness (QED) is 0.0746. The summed E-state index contributed by atoms with van der Waals surface area (Å²) in [7, 11) is -2.24. The molecular formula is C32H46BrClN2O5S. The third-order valence-corrected chi connectivity index (χ3v) is 11.0. The van der Waals surface area contributed by atoms with Gasteiger partial charge in [-0.05, 0) is 55.7 Å². The number of ketones is 1. The molecule has 7 nitrogen and oxygen atoms in total. The highest BCUT2D eigenvalue weighted by molar-refractivity contribution is 9.10. The Labute approximate surface area is 265 Å². The maximum absolute atomic E-state index is 13.3. The minimum Gasteiger partial charge on any atom is -0.497 e. The van der Waals surface area contributed by atoms with Crippen molar-refractivity contribution < 1.29 is 22.7 Å². The summed E-state index contributed by atoms with van der Waals surface area (Å²) in [4.78, 5) is 24.7. The molecule has 0 bridgehead atoms. The molecule has 3 unspecified atom stereocenters. The first-order valence-corrected chi connectivity index (χ1v) is 17.9. The number of Topliss-reactive ketones (excluding diaryl/α,β-unsaturated/α-hetero) is 1. The van der Waals surface area contributed by atoms with Gasteiger partial charge >= 0.3 is 0 Å². The number of amides is 1. The van der Waals surface area contributed by atoms with Crippen LogP contribution < -0.4 is 14.8 Å². The first kappa shape index (κ1) is 36.3. The minimum atomic E-state index is -3.80. The van der Waals surface area contributed by atoms with Gasteiger partial charge in [0.05, 0.1) is 29.1 Å². The number of rotatable bonds is 22. The van der Waals surface area contributed by atoms with Crippen LogP contribution in [0.3, 0.4) is 0 Å². The second-order valence-corrected chi connectivity index (χ2v) is 14.2. The zero-order valence-corrected chi connectivity index (χ0v) is 28.0. The van der Waals surface area contributed by atoms with Crippen molar-refractivity contribution in [3.8, 4) is 5.75 Å². The highest BCUT2D eigenvalue weighted by atomic mass is 79.9. The molecule has 0 aliphatic heterocycles. The maximum atomic E-state index is 13.3. The van der Waals surface area contributed by atoms with Crippen molar-refractivity contribution >= 4 is 54.9 Å². The van der Waals surface area contributed by atoms with Crippen LogP contribution in [0.5, 0.6) is 5.75 Å². The monoisotopic (exact) mass is 684 g/mol. The van der Waals surface area contributed by atoms with Gasteiger partial charge in [0.25, 0.3) is 0 Å².